The van der Waals surface area contributed by atoms with Crippen molar-refractivity contribution in [2.45, 2.75) is 95.0 Å². The smallest absolute Gasteiger partial charge is 0.326 e. The fourth-order valence-corrected chi connectivity index (χ4v) is 5.13. The first-order valence-corrected chi connectivity index (χ1v) is 18.6. The third-order valence-electron chi connectivity index (χ3n) is 7.47. The van der Waals surface area contributed by atoms with Crippen molar-refractivity contribution in [1.82, 2.24) is 31.9 Å². The van der Waals surface area contributed by atoms with E-state index in [1.165, 1.54) is 11.8 Å². The number of guanidine groups is 1. The van der Waals surface area contributed by atoms with Crippen LogP contribution in [0.4, 0.5) is 0 Å². The fourth-order valence-electron chi connectivity index (χ4n) is 4.66. The van der Waals surface area contributed by atoms with Gasteiger partial charge in [-0.2, -0.15) is 11.8 Å². The Labute approximate surface area is 322 Å². The molecule has 0 radical (unpaired) electrons. The summed E-state index contributed by atoms with van der Waals surface area (Å²) in [6.45, 7) is 1.94. The molecular formula is C31H56N12O11S. The number of aliphatic hydroxyl groups is 1. The number of thioether (sulfide) groups is 1. The minimum atomic E-state index is -1.66. The van der Waals surface area contributed by atoms with E-state index in [0.717, 1.165) is 0 Å². The Hall–Kier alpha value is -5.23. The van der Waals surface area contributed by atoms with Crippen LogP contribution in [0.5, 0.6) is 0 Å². The Morgan fingerprint density at radius 3 is 1.65 bits per heavy atom. The minimum Gasteiger partial charge on any atom is -0.480 e. The summed E-state index contributed by atoms with van der Waals surface area (Å²) in [6, 6.07) is -8.40. The number of carboxylic acids is 1. The number of primary amides is 2. The zero-order valence-electron chi connectivity index (χ0n) is 31.1. The number of nitrogens with one attached hydrogen (secondary N) is 6. The molecule has 0 aliphatic rings. The van der Waals surface area contributed by atoms with E-state index in [4.69, 9.17) is 28.7 Å². The molecule has 24 heteroatoms. The molecule has 0 aliphatic carbocycles. The van der Waals surface area contributed by atoms with Crippen molar-refractivity contribution in [2.24, 2.45) is 39.6 Å². The number of rotatable bonds is 28. The molecule has 0 aromatic rings. The molecule has 8 amide bonds. The highest BCUT2D eigenvalue weighted by Crippen LogP contribution is 2.09. The normalized spacial score (nSPS) is 14.1. The molecule has 18 N–H and O–H groups in total. The lowest BCUT2D eigenvalue weighted by atomic mass is 10.0. The maximum absolute atomic E-state index is 13.6. The molecule has 312 valence electrons. The SMILES string of the molecule is CSCC[C@H](NC(=O)[C@H](CCC(N)=O)NC(=O)[C@H](CO)NC(=O)CNC(=O)[C@@H](N)CC(N)=O)C(=O)N[C@@H](CCCN=C(N)N)C(=O)N[C@@H](CC(C)C)C(=O)O. The molecule has 0 spiro atoms. The highest BCUT2D eigenvalue weighted by molar-refractivity contribution is 7.98. The van der Waals surface area contributed by atoms with E-state index in [1.54, 1.807) is 20.1 Å². The van der Waals surface area contributed by atoms with Gasteiger partial charge in [-0.05, 0) is 50.0 Å². The van der Waals surface area contributed by atoms with Crippen LogP contribution in [0.2, 0.25) is 0 Å². The standard InChI is InChI=1S/C31H56N12O11S/c1-15(2)11-20(30(53)54)43-26(49)17(5-4-9-37-31(35)36)40-28(51)19(8-10-55-3)42-27(50)18(6-7-22(33)45)41-29(52)21(14-44)39-24(47)13-38-25(48)16(32)12-23(34)46/h15-21,44H,4-14,32H2,1-3H3,(H2,33,45)(H2,34,46)(H,38,48)(H,39,47)(H,40,51)(H,41,52)(H,42,50)(H,43,49)(H,53,54)(H4,35,36,37)/t16-,17-,18-,19-,20-,21-/m0/s1. The first-order valence-electron chi connectivity index (χ1n) is 17.2. The van der Waals surface area contributed by atoms with Gasteiger partial charge in [0.2, 0.25) is 47.3 Å². The fraction of sp³-hybridized carbons (Fsp3) is 0.677. The molecule has 0 aromatic carbocycles. The average Bonchev–Trinajstić information content (AvgIpc) is 3.09. The molecule has 0 unspecified atom stereocenters. The maximum atomic E-state index is 13.6. The second-order valence-corrected chi connectivity index (χ2v) is 13.7. The van der Waals surface area contributed by atoms with E-state index in [-0.39, 0.29) is 50.5 Å². The first-order chi connectivity index (χ1) is 25.7. The predicted molar refractivity (Wildman–Crippen MR) is 200 cm³/mol. The quantitative estimate of drug-likeness (QED) is 0.0199. The second kappa shape index (κ2) is 26.5. The number of aliphatic carboxylic acids is 1. The van der Waals surface area contributed by atoms with Crippen molar-refractivity contribution in [3.8, 4) is 0 Å². The summed E-state index contributed by atoms with van der Waals surface area (Å²) in [7, 11) is 0. The van der Waals surface area contributed by atoms with Crippen molar-refractivity contribution in [2.75, 3.05) is 31.7 Å². The third kappa shape index (κ3) is 21.9. The largest absolute Gasteiger partial charge is 0.480 e. The van der Waals surface area contributed by atoms with Crippen LogP contribution in [0.15, 0.2) is 4.99 Å². The summed E-state index contributed by atoms with van der Waals surface area (Å²) in [4.78, 5) is 116. The van der Waals surface area contributed by atoms with Crippen LogP contribution in [0.3, 0.4) is 0 Å². The van der Waals surface area contributed by atoms with E-state index in [2.05, 4.69) is 36.9 Å². The van der Waals surface area contributed by atoms with Gasteiger partial charge in [-0.25, -0.2) is 4.79 Å². The average molecular weight is 805 g/mol. The van der Waals surface area contributed by atoms with Crippen molar-refractivity contribution in [1.29, 1.82) is 0 Å². The molecule has 0 aromatic heterocycles. The van der Waals surface area contributed by atoms with Crippen molar-refractivity contribution >= 4 is 70.9 Å². The van der Waals surface area contributed by atoms with Crippen molar-refractivity contribution < 1.29 is 53.4 Å². The van der Waals surface area contributed by atoms with Gasteiger partial charge in [0.15, 0.2) is 5.96 Å². The van der Waals surface area contributed by atoms with E-state index < -0.39 is 115 Å². The van der Waals surface area contributed by atoms with Gasteiger partial charge in [0, 0.05) is 13.0 Å². The predicted octanol–water partition coefficient (Wildman–Crippen LogP) is -6.08. The van der Waals surface area contributed by atoms with Gasteiger partial charge < -0.3 is 70.8 Å². The van der Waals surface area contributed by atoms with E-state index in [1.807, 2.05) is 0 Å². The molecule has 55 heavy (non-hydrogen) atoms. The van der Waals surface area contributed by atoms with Crippen LogP contribution in [-0.2, 0) is 43.2 Å². The first kappa shape index (κ1) is 49.8. The number of aliphatic imine (C=N–C) groups is 1. The van der Waals surface area contributed by atoms with Crippen LogP contribution >= 0.6 is 11.8 Å². The number of aliphatic hydroxyl groups excluding tert-OH is 1. The van der Waals surface area contributed by atoms with Crippen LogP contribution in [0.25, 0.3) is 0 Å². The summed E-state index contributed by atoms with van der Waals surface area (Å²) < 4.78 is 0. The van der Waals surface area contributed by atoms with Gasteiger partial charge in [-0.15, -0.1) is 0 Å². The maximum Gasteiger partial charge on any atom is 0.326 e. The molecule has 0 rings (SSSR count). The summed E-state index contributed by atoms with van der Waals surface area (Å²) in [5.41, 5.74) is 26.5. The van der Waals surface area contributed by atoms with Crippen molar-refractivity contribution in [3.05, 3.63) is 0 Å². The lowest BCUT2D eigenvalue weighted by Crippen LogP contribution is -2.59. The molecule has 0 bridgehead atoms. The second-order valence-electron chi connectivity index (χ2n) is 12.7. The molecule has 0 fully saturated rings. The number of hydrogen-bond acceptors (Lipinski definition) is 13. The molecule has 0 saturated carbocycles. The molecular weight excluding hydrogens is 748 g/mol. The number of carbonyl (C=O) groups is 9. The van der Waals surface area contributed by atoms with Crippen molar-refractivity contribution in [3.63, 3.8) is 0 Å². The summed E-state index contributed by atoms with van der Waals surface area (Å²) in [5.74, 6) is -8.50. The van der Waals surface area contributed by atoms with Gasteiger partial charge in [0.1, 0.15) is 30.2 Å². The van der Waals surface area contributed by atoms with Crippen LogP contribution in [-0.4, -0.2) is 137 Å². The number of carbonyl (C=O) groups excluding carboxylic acids is 8. The molecule has 6 atom stereocenters. The Bertz CT molecular complexity index is 1380. The third-order valence-corrected chi connectivity index (χ3v) is 8.12. The van der Waals surface area contributed by atoms with Gasteiger partial charge >= 0.3 is 5.97 Å². The Morgan fingerprint density at radius 2 is 1.20 bits per heavy atom. The van der Waals surface area contributed by atoms with Gasteiger partial charge in [0.05, 0.1) is 25.6 Å². The van der Waals surface area contributed by atoms with Gasteiger partial charge in [0.25, 0.3) is 0 Å². The monoisotopic (exact) mass is 804 g/mol. The number of amides is 8. The lowest BCUT2D eigenvalue weighted by molar-refractivity contribution is -0.143. The number of nitrogens with two attached hydrogens (primary N) is 5. The van der Waals surface area contributed by atoms with E-state index in [9.17, 15) is 53.4 Å². The summed E-state index contributed by atoms with van der Waals surface area (Å²) in [6.07, 6.45) is 0.750. The van der Waals surface area contributed by atoms with E-state index >= 15 is 0 Å². The topological polar surface area (TPSA) is 409 Å². The summed E-state index contributed by atoms with van der Waals surface area (Å²) >= 11 is 1.32. The van der Waals surface area contributed by atoms with Crippen LogP contribution in [0, 0.1) is 5.92 Å². The Balaban J connectivity index is 6.07. The molecule has 0 heterocycles. The number of hydrogen-bond donors (Lipinski definition) is 13. The number of nitrogens with zero attached hydrogens (tertiary/aromatic N) is 1. The minimum absolute atomic E-state index is 0.0206. The molecule has 23 nitrogen and oxygen atoms in total. The Kier molecular flexibility index (Phi) is 24.0. The highest BCUT2D eigenvalue weighted by atomic mass is 32.2. The highest BCUT2D eigenvalue weighted by Gasteiger charge is 2.32. The zero-order chi connectivity index (χ0) is 42.2. The Morgan fingerprint density at radius 1 is 0.691 bits per heavy atom. The zero-order valence-corrected chi connectivity index (χ0v) is 31.9. The van der Waals surface area contributed by atoms with Crippen LogP contribution in [0.1, 0.15) is 58.8 Å². The van der Waals surface area contributed by atoms with Crippen LogP contribution < -0.4 is 60.6 Å². The number of carboxylic acid groups (broad SMARTS) is 1. The molecule has 0 saturated heterocycles. The van der Waals surface area contributed by atoms with Gasteiger partial charge in [-0.1, -0.05) is 13.8 Å². The lowest BCUT2D eigenvalue weighted by Gasteiger charge is -2.27. The van der Waals surface area contributed by atoms with E-state index in [0.29, 0.717) is 5.75 Å². The summed E-state index contributed by atoms with van der Waals surface area (Å²) in [5, 5.41) is 33.5. The van der Waals surface area contributed by atoms with Gasteiger partial charge in [-0.3, -0.25) is 43.3 Å². The molecule has 0 aliphatic heterocycles.